The molecule has 0 aliphatic rings. The van der Waals surface area contributed by atoms with Gasteiger partial charge in [-0.2, -0.15) is 0 Å². The fraction of sp³-hybridized carbons (Fsp3) is 0.545. The Hall–Kier alpha value is -0.840. The number of hydrogen-bond donors (Lipinski definition) is 2. The van der Waals surface area contributed by atoms with Gasteiger partial charge in [-0.25, -0.2) is 4.98 Å². The molecule has 1 heterocycles. The number of halogens is 1. The molecule has 1 aromatic heterocycles. The molecule has 5 heteroatoms. The molecule has 0 aromatic carbocycles. The largest absolute Gasteiger partial charge is 0.380 e. The van der Waals surface area contributed by atoms with E-state index in [1.807, 2.05) is 20.0 Å². The maximum atomic E-state index is 6.01. The number of hydrogen-bond acceptors (Lipinski definition) is 4. The first-order chi connectivity index (χ1) is 7.67. The second kappa shape index (κ2) is 6.68. The van der Waals surface area contributed by atoms with Crippen LogP contribution in [-0.4, -0.2) is 31.8 Å². The van der Waals surface area contributed by atoms with Crippen LogP contribution < -0.4 is 10.6 Å². The minimum absolute atomic E-state index is 0.158. The van der Waals surface area contributed by atoms with Crippen molar-refractivity contribution in [2.75, 3.05) is 26.0 Å². The second-order valence-corrected chi connectivity index (χ2v) is 4.03. The van der Waals surface area contributed by atoms with E-state index in [4.69, 9.17) is 16.3 Å². The van der Waals surface area contributed by atoms with E-state index in [0.29, 0.717) is 5.02 Å². The smallest absolute Gasteiger partial charge is 0.126 e. The van der Waals surface area contributed by atoms with Crippen molar-refractivity contribution in [3.05, 3.63) is 22.8 Å². The van der Waals surface area contributed by atoms with Crippen LogP contribution in [0.2, 0.25) is 5.02 Å². The molecule has 0 saturated carbocycles. The number of anilines is 1. The summed E-state index contributed by atoms with van der Waals surface area (Å²) in [4.78, 5) is 4.20. The Morgan fingerprint density at radius 3 is 2.94 bits per heavy atom. The second-order valence-electron chi connectivity index (χ2n) is 3.62. The summed E-state index contributed by atoms with van der Waals surface area (Å²) in [6, 6.07) is 1.95. The van der Waals surface area contributed by atoms with E-state index in [0.717, 1.165) is 24.5 Å². The normalized spacial score (nSPS) is 12.5. The molecule has 0 fully saturated rings. The predicted octanol–water partition coefficient (Wildman–Crippen LogP) is 1.90. The molecule has 90 valence electrons. The van der Waals surface area contributed by atoms with Gasteiger partial charge >= 0.3 is 0 Å². The molecule has 1 unspecified atom stereocenters. The number of methoxy groups -OCH3 is 1. The number of nitrogens with zero attached hydrogens (tertiary/aromatic N) is 1. The minimum Gasteiger partial charge on any atom is -0.380 e. The molecule has 2 N–H and O–H groups in total. The van der Waals surface area contributed by atoms with E-state index in [1.165, 1.54) is 0 Å². The highest BCUT2D eigenvalue weighted by Gasteiger charge is 2.04. The summed E-state index contributed by atoms with van der Waals surface area (Å²) in [6.45, 7) is 3.46. The zero-order valence-electron chi connectivity index (χ0n) is 9.88. The molecular weight excluding hydrogens is 226 g/mol. The van der Waals surface area contributed by atoms with Crippen molar-refractivity contribution < 1.29 is 4.74 Å². The lowest BCUT2D eigenvalue weighted by Crippen LogP contribution is -2.18. The fourth-order valence-corrected chi connectivity index (χ4v) is 1.40. The van der Waals surface area contributed by atoms with Crippen molar-refractivity contribution in [1.82, 2.24) is 10.3 Å². The Balaban J connectivity index is 2.63. The molecule has 0 spiro atoms. The van der Waals surface area contributed by atoms with Crippen LogP contribution in [0.4, 0.5) is 5.82 Å². The standard InChI is InChI=1S/C11H18ClN3O/c1-8(16-3)5-14-11-4-9(6-13-2)10(12)7-15-11/h4,7-8,13H,5-6H2,1-3H3,(H,14,15). The Morgan fingerprint density at radius 2 is 2.31 bits per heavy atom. The Labute approximate surface area is 101 Å². The maximum absolute atomic E-state index is 6.01. The lowest BCUT2D eigenvalue weighted by atomic mass is 10.2. The van der Waals surface area contributed by atoms with Gasteiger partial charge in [0.05, 0.1) is 11.1 Å². The first-order valence-electron chi connectivity index (χ1n) is 5.23. The van der Waals surface area contributed by atoms with Gasteiger partial charge < -0.3 is 15.4 Å². The fourth-order valence-electron chi connectivity index (χ4n) is 1.23. The van der Waals surface area contributed by atoms with Gasteiger partial charge in [-0.15, -0.1) is 0 Å². The van der Waals surface area contributed by atoms with Gasteiger partial charge in [-0.3, -0.25) is 0 Å². The number of aromatic nitrogens is 1. The molecule has 0 saturated heterocycles. The molecule has 1 rings (SSSR count). The van der Waals surface area contributed by atoms with Crippen LogP contribution in [0, 0.1) is 0 Å². The molecule has 0 radical (unpaired) electrons. The van der Waals surface area contributed by atoms with E-state index < -0.39 is 0 Å². The molecule has 16 heavy (non-hydrogen) atoms. The average molecular weight is 244 g/mol. The number of rotatable bonds is 6. The minimum atomic E-state index is 0.158. The van der Waals surface area contributed by atoms with Gasteiger partial charge in [0.1, 0.15) is 5.82 Å². The molecule has 1 aromatic rings. The highest BCUT2D eigenvalue weighted by molar-refractivity contribution is 6.31. The average Bonchev–Trinajstić information content (AvgIpc) is 2.30. The van der Waals surface area contributed by atoms with Crippen LogP contribution in [-0.2, 0) is 11.3 Å². The zero-order valence-corrected chi connectivity index (χ0v) is 10.6. The lowest BCUT2D eigenvalue weighted by molar-refractivity contribution is 0.128. The van der Waals surface area contributed by atoms with E-state index in [1.54, 1.807) is 13.3 Å². The van der Waals surface area contributed by atoms with Crippen molar-refractivity contribution in [1.29, 1.82) is 0 Å². The Kier molecular flexibility index (Phi) is 5.52. The summed E-state index contributed by atoms with van der Waals surface area (Å²) in [5.41, 5.74) is 1.03. The topological polar surface area (TPSA) is 46.2 Å². The van der Waals surface area contributed by atoms with Crippen LogP contribution in [0.3, 0.4) is 0 Å². The van der Waals surface area contributed by atoms with E-state index in [2.05, 4.69) is 15.6 Å². The molecule has 1 atom stereocenters. The van der Waals surface area contributed by atoms with Crippen LogP contribution in [0.5, 0.6) is 0 Å². The highest BCUT2D eigenvalue weighted by Crippen LogP contribution is 2.17. The van der Waals surface area contributed by atoms with E-state index in [9.17, 15) is 0 Å². The molecular formula is C11H18ClN3O. The third kappa shape index (κ3) is 3.96. The molecule has 4 nitrogen and oxygen atoms in total. The summed E-state index contributed by atoms with van der Waals surface area (Å²) in [5, 5.41) is 6.94. The Bertz CT molecular complexity index is 333. The number of ether oxygens (including phenoxy) is 1. The third-order valence-corrected chi connectivity index (χ3v) is 2.62. The van der Waals surface area contributed by atoms with Gasteiger partial charge in [-0.05, 0) is 25.6 Å². The maximum Gasteiger partial charge on any atom is 0.126 e. The van der Waals surface area contributed by atoms with Crippen LogP contribution in [0.25, 0.3) is 0 Å². The molecule has 0 amide bonds. The molecule has 0 bridgehead atoms. The summed E-state index contributed by atoms with van der Waals surface area (Å²) in [5.74, 6) is 0.818. The highest BCUT2D eigenvalue weighted by atomic mass is 35.5. The monoisotopic (exact) mass is 243 g/mol. The van der Waals surface area contributed by atoms with Gasteiger partial charge in [0.2, 0.25) is 0 Å². The summed E-state index contributed by atoms with van der Waals surface area (Å²) in [6.07, 6.45) is 1.82. The number of pyridine rings is 1. The van der Waals surface area contributed by atoms with Gasteiger partial charge in [-0.1, -0.05) is 11.6 Å². The summed E-state index contributed by atoms with van der Waals surface area (Å²) in [7, 11) is 3.57. The van der Waals surface area contributed by atoms with E-state index >= 15 is 0 Å². The van der Waals surface area contributed by atoms with Crippen LogP contribution in [0.15, 0.2) is 12.3 Å². The lowest BCUT2D eigenvalue weighted by Gasteiger charge is -2.12. The van der Waals surface area contributed by atoms with Crippen molar-refractivity contribution in [3.63, 3.8) is 0 Å². The van der Waals surface area contributed by atoms with Crippen molar-refractivity contribution >= 4 is 17.4 Å². The zero-order chi connectivity index (χ0) is 12.0. The third-order valence-electron chi connectivity index (χ3n) is 2.27. The quantitative estimate of drug-likeness (QED) is 0.801. The summed E-state index contributed by atoms with van der Waals surface area (Å²) >= 11 is 6.01. The van der Waals surface area contributed by atoms with Crippen molar-refractivity contribution in [2.45, 2.75) is 19.6 Å². The van der Waals surface area contributed by atoms with Gasteiger partial charge in [0, 0.05) is 26.4 Å². The summed E-state index contributed by atoms with van der Waals surface area (Å²) < 4.78 is 5.14. The van der Waals surface area contributed by atoms with E-state index in [-0.39, 0.29) is 6.10 Å². The first kappa shape index (κ1) is 13.2. The van der Waals surface area contributed by atoms with Gasteiger partial charge in [0.25, 0.3) is 0 Å². The van der Waals surface area contributed by atoms with Crippen LogP contribution in [0.1, 0.15) is 12.5 Å². The number of nitrogens with one attached hydrogen (secondary N) is 2. The first-order valence-corrected chi connectivity index (χ1v) is 5.60. The van der Waals surface area contributed by atoms with Crippen molar-refractivity contribution in [3.8, 4) is 0 Å². The molecule has 0 aliphatic carbocycles. The Morgan fingerprint density at radius 1 is 1.56 bits per heavy atom. The SMILES string of the molecule is CNCc1cc(NCC(C)OC)ncc1Cl. The van der Waals surface area contributed by atoms with Crippen molar-refractivity contribution in [2.24, 2.45) is 0 Å². The predicted molar refractivity (Wildman–Crippen MR) is 67.0 cm³/mol. The van der Waals surface area contributed by atoms with Crippen LogP contribution >= 0.6 is 11.6 Å². The molecule has 0 aliphatic heterocycles. The van der Waals surface area contributed by atoms with Gasteiger partial charge in [0.15, 0.2) is 0 Å².